The van der Waals surface area contributed by atoms with Crippen LogP contribution in [0.15, 0.2) is 54.6 Å². The third kappa shape index (κ3) is 3.49. The van der Waals surface area contributed by atoms with Gasteiger partial charge in [0.1, 0.15) is 23.0 Å². The Labute approximate surface area is 166 Å². The van der Waals surface area contributed by atoms with Crippen LogP contribution in [0, 0.1) is 5.82 Å². The Morgan fingerprint density at radius 1 is 1.10 bits per heavy atom. The van der Waals surface area contributed by atoms with Crippen molar-refractivity contribution in [1.82, 2.24) is 19.7 Å². The van der Waals surface area contributed by atoms with Crippen molar-refractivity contribution in [3.05, 3.63) is 77.4 Å². The fourth-order valence-electron chi connectivity index (χ4n) is 3.66. The molecule has 29 heavy (non-hydrogen) atoms. The summed E-state index contributed by atoms with van der Waals surface area (Å²) in [5.41, 5.74) is 3.41. The molecule has 1 aromatic carbocycles. The van der Waals surface area contributed by atoms with Crippen molar-refractivity contribution in [2.24, 2.45) is 0 Å². The Morgan fingerprint density at radius 2 is 1.97 bits per heavy atom. The predicted octanol–water partition coefficient (Wildman–Crippen LogP) is 2.69. The number of fused-ring (bicyclic) bond motifs is 3. The summed E-state index contributed by atoms with van der Waals surface area (Å²) in [6, 6.07) is 6.43. The van der Waals surface area contributed by atoms with Crippen molar-refractivity contribution in [2.45, 2.75) is 25.8 Å². The summed E-state index contributed by atoms with van der Waals surface area (Å²) < 4.78 is 14.9. The van der Waals surface area contributed by atoms with Crippen LogP contribution in [0.2, 0.25) is 0 Å². The first-order valence-electron chi connectivity index (χ1n) is 9.56. The van der Waals surface area contributed by atoms with E-state index in [0.29, 0.717) is 24.4 Å². The standard InChI is InChI=1S/C21H19FN6O/c22-16-6-3-14(4-7-16)12-27-13-15(10-24-27)5-8-19-23-11-17-20(26-19)28-9-1-2-18(28)21(29)25-17/h2-4,6-7,10-11,13H,1,5,8-9,12H2,(H,25,29). The molecule has 3 aromatic rings. The van der Waals surface area contributed by atoms with Crippen molar-refractivity contribution in [3.63, 3.8) is 0 Å². The van der Waals surface area contributed by atoms with Crippen molar-refractivity contribution in [1.29, 1.82) is 0 Å². The number of hydrogen-bond acceptors (Lipinski definition) is 5. The van der Waals surface area contributed by atoms with Gasteiger partial charge in [-0.25, -0.2) is 14.4 Å². The highest BCUT2D eigenvalue weighted by molar-refractivity contribution is 6.11. The van der Waals surface area contributed by atoms with Gasteiger partial charge >= 0.3 is 0 Å². The first kappa shape index (κ1) is 17.5. The number of carbonyl (C=O) groups is 1. The zero-order valence-corrected chi connectivity index (χ0v) is 15.7. The van der Waals surface area contributed by atoms with Gasteiger partial charge in [0.2, 0.25) is 0 Å². The molecule has 1 N–H and O–H groups in total. The molecule has 0 fully saturated rings. The minimum Gasteiger partial charge on any atom is -0.320 e. The summed E-state index contributed by atoms with van der Waals surface area (Å²) in [6.07, 6.45) is 9.73. The van der Waals surface area contributed by atoms with Gasteiger partial charge in [-0.05, 0) is 36.1 Å². The lowest BCUT2D eigenvalue weighted by atomic mass is 10.2. The lowest BCUT2D eigenvalue weighted by Crippen LogP contribution is -2.34. The van der Waals surface area contributed by atoms with Crippen LogP contribution in [-0.4, -0.2) is 32.2 Å². The van der Waals surface area contributed by atoms with Gasteiger partial charge < -0.3 is 10.2 Å². The quantitative estimate of drug-likeness (QED) is 0.725. The Hall–Kier alpha value is -3.55. The second kappa shape index (κ2) is 7.12. The van der Waals surface area contributed by atoms with Gasteiger partial charge in [0.25, 0.3) is 5.91 Å². The van der Waals surface area contributed by atoms with E-state index in [1.807, 2.05) is 28.1 Å². The summed E-state index contributed by atoms with van der Waals surface area (Å²) in [5, 5.41) is 7.24. The Morgan fingerprint density at radius 3 is 2.83 bits per heavy atom. The van der Waals surface area contributed by atoms with E-state index in [2.05, 4.69) is 20.4 Å². The van der Waals surface area contributed by atoms with E-state index in [9.17, 15) is 9.18 Å². The molecule has 0 radical (unpaired) electrons. The van der Waals surface area contributed by atoms with E-state index in [4.69, 9.17) is 0 Å². The van der Waals surface area contributed by atoms with Crippen LogP contribution in [-0.2, 0) is 24.2 Å². The molecule has 0 saturated heterocycles. The maximum Gasteiger partial charge on any atom is 0.272 e. The lowest BCUT2D eigenvalue weighted by Gasteiger charge is -2.28. The third-order valence-corrected chi connectivity index (χ3v) is 5.12. The fraction of sp³-hybridized carbons (Fsp3) is 0.238. The maximum atomic E-state index is 13.0. The van der Waals surface area contributed by atoms with Gasteiger partial charge in [-0.1, -0.05) is 18.2 Å². The van der Waals surface area contributed by atoms with E-state index in [1.165, 1.54) is 12.1 Å². The van der Waals surface area contributed by atoms with E-state index < -0.39 is 0 Å². The Kier molecular flexibility index (Phi) is 4.31. The second-order valence-electron chi connectivity index (χ2n) is 7.18. The van der Waals surface area contributed by atoms with Crippen LogP contribution in [0.4, 0.5) is 15.9 Å². The van der Waals surface area contributed by atoms with E-state index >= 15 is 0 Å². The van der Waals surface area contributed by atoms with Crippen LogP contribution in [0.1, 0.15) is 23.4 Å². The summed E-state index contributed by atoms with van der Waals surface area (Å²) in [6.45, 7) is 1.36. The van der Waals surface area contributed by atoms with Crippen LogP contribution >= 0.6 is 0 Å². The highest BCUT2D eigenvalue weighted by Crippen LogP contribution is 2.34. The molecular formula is C21H19FN6O. The molecule has 0 spiro atoms. The van der Waals surface area contributed by atoms with Gasteiger partial charge in [0.15, 0.2) is 5.82 Å². The smallest absolute Gasteiger partial charge is 0.272 e. The number of nitrogens with one attached hydrogen (secondary N) is 1. The van der Waals surface area contributed by atoms with Gasteiger partial charge in [0, 0.05) is 19.2 Å². The molecule has 8 heteroatoms. The lowest BCUT2D eigenvalue weighted by molar-refractivity contribution is -0.113. The minimum absolute atomic E-state index is 0.0973. The highest BCUT2D eigenvalue weighted by atomic mass is 19.1. The molecule has 2 aliphatic heterocycles. The third-order valence-electron chi connectivity index (χ3n) is 5.12. The molecule has 0 saturated carbocycles. The first-order chi connectivity index (χ1) is 14.2. The average Bonchev–Trinajstić information content (AvgIpc) is 3.39. The van der Waals surface area contributed by atoms with Crippen LogP contribution in [0.5, 0.6) is 0 Å². The van der Waals surface area contributed by atoms with Crippen molar-refractivity contribution in [2.75, 3.05) is 16.8 Å². The van der Waals surface area contributed by atoms with Gasteiger partial charge in [-0.2, -0.15) is 5.10 Å². The molecule has 7 nitrogen and oxygen atoms in total. The number of benzene rings is 1. The maximum absolute atomic E-state index is 13.0. The average molecular weight is 390 g/mol. The largest absolute Gasteiger partial charge is 0.320 e. The van der Waals surface area contributed by atoms with Crippen molar-refractivity contribution < 1.29 is 9.18 Å². The molecule has 4 heterocycles. The van der Waals surface area contributed by atoms with E-state index in [1.54, 1.807) is 18.3 Å². The van der Waals surface area contributed by atoms with Crippen molar-refractivity contribution >= 4 is 17.4 Å². The topological polar surface area (TPSA) is 75.9 Å². The minimum atomic E-state index is -0.240. The Bertz CT molecular complexity index is 1100. The number of hydrogen-bond donors (Lipinski definition) is 1. The zero-order valence-electron chi connectivity index (χ0n) is 15.7. The first-order valence-corrected chi connectivity index (χ1v) is 9.56. The predicted molar refractivity (Wildman–Crippen MR) is 106 cm³/mol. The van der Waals surface area contributed by atoms with Crippen LogP contribution in [0.3, 0.4) is 0 Å². The van der Waals surface area contributed by atoms with Crippen molar-refractivity contribution in [3.8, 4) is 0 Å². The fourth-order valence-corrected chi connectivity index (χ4v) is 3.66. The summed E-state index contributed by atoms with van der Waals surface area (Å²) in [7, 11) is 0. The molecule has 146 valence electrons. The number of aromatic nitrogens is 4. The number of carbonyl (C=O) groups excluding carboxylic acids is 1. The number of anilines is 2. The SMILES string of the molecule is O=C1Nc2cnc(CCc3cnn(Cc4ccc(F)cc4)c3)nc2N2CCC=C12. The van der Waals surface area contributed by atoms with Crippen LogP contribution < -0.4 is 10.2 Å². The summed E-state index contributed by atoms with van der Waals surface area (Å²) in [4.78, 5) is 23.1. The number of amides is 1. The van der Waals surface area contributed by atoms with Gasteiger partial charge in [-0.15, -0.1) is 0 Å². The molecule has 0 unspecified atom stereocenters. The van der Waals surface area contributed by atoms with E-state index in [-0.39, 0.29) is 11.7 Å². The molecule has 0 bridgehead atoms. The number of rotatable bonds is 5. The molecule has 0 atom stereocenters. The molecule has 5 rings (SSSR count). The summed E-state index contributed by atoms with van der Waals surface area (Å²) in [5.74, 6) is 1.17. The monoisotopic (exact) mass is 390 g/mol. The summed E-state index contributed by atoms with van der Waals surface area (Å²) >= 11 is 0. The molecule has 0 aliphatic carbocycles. The molecule has 2 aliphatic rings. The zero-order chi connectivity index (χ0) is 19.8. The second-order valence-corrected chi connectivity index (χ2v) is 7.18. The molecule has 2 aromatic heterocycles. The van der Waals surface area contributed by atoms with Crippen LogP contribution in [0.25, 0.3) is 0 Å². The van der Waals surface area contributed by atoms with Gasteiger partial charge in [-0.3, -0.25) is 9.48 Å². The number of aryl methyl sites for hydroxylation is 2. The number of nitrogens with zero attached hydrogens (tertiary/aromatic N) is 5. The van der Waals surface area contributed by atoms with Gasteiger partial charge in [0.05, 0.1) is 18.9 Å². The Balaban J connectivity index is 1.26. The normalized spacial score (nSPS) is 15.0. The number of halogens is 1. The molecular weight excluding hydrogens is 371 g/mol. The molecule has 1 amide bonds. The highest BCUT2D eigenvalue weighted by Gasteiger charge is 2.31. The van der Waals surface area contributed by atoms with E-state index in [0.717, 1.165) is 42.2 Å².